The molecule has 0 saturated carbocycles. The van der Waals surface area contributed by atoms with E-state index < -0.39 is 0 Å². The average Bonchev–Trinajstić information content (AvgIpc) is 2.28. The standard InChI is InChI=1S/C15H15O2/c1-10(2)7-11-8-15(17)14(9-16)13-6-4-3-5-12(11)13/h3-6,8-9,17H,7H2,1-2H3. The monoisotopic (exact) mass is 227 g/mol. The van der Waals surface area contributed by atoms with E-state index in [0.29, 0.717) is 11.8 Å². The zero-order chi connectivity index (χ0) is 12.4. The predicted molar refractivity (Wildman–Crippen MR) is 69.3 cm³/mol. The Balaban J connectivity index is 2.74. The van der Waals surface area contributed by atoms with Crippen LogP contribution >= 0.6 is 0 Å². The highest BCUT2D eigenvalue weighted by atomic mass is 16.3. The van der Waals surface area contributed by atoms with Gasteiger partial charge in [0, 0.05) is 0 Å². The van der Waals surface area contributed by atoms with Crippen LogP contribution in [0.25, 0.3) is 10.8 Å². The van der Waals surface area contributed by atoms with E-state index in [2.05, 4.69) is 13.8 Å². The summed E-state index contributed by atoms with van der Waals surface area (Å²) in [6.07, 6.45) is 1.52. The van der Waals surface area contributed by atoms with Gasteiger partial charge in [-0.2, -0.15) is 0 Å². The second kappa shape index (κ2) is 4.58. The maximum Gasteiger partial charge on any atom is 0.154 e. The molecule has 1 radical (unpaired) electrons. The van der Waals surface area contributed by atoms with Gasteiger partial charge >= 0.3 is 0 Å². The summed E-state index contributed by atoms with van der Waals surface area (Å²) in [5.74, 6) is 1.34. The van der Waals surface area contributed by atoms with Crippen molar-refractivity contribution < 1.29 is 9.90 Å². The third-order valence-corrected chi connectivity index (χ3v) is 2.81. The fraction of sp³-hybridized carbons (Fsp3) is 0.200. The second-order valence-corrected chi connectivity index (χ2v) is 4.52. The molecule has 87 valence electrons. The van der Waals surface area contributed by atoms with Crippen molar-refractivity contribution in [1.29, 1.82) is 0 Å². The summed E-state index contributed by atoms with van der Waals surface area (Å²) < 4.78 is 0. The minimum Gasteiger partial charge on any atom is -0.507 e. The molecule has 0 fully saturated rings. The van der Waals surface area contributed by atoms with Crippen LogP contribution < -0.4 is 0 Å². The minimum atomic E-state index is 0.0648. The Hall–Kier alpha value is -1.83. The van der Waals surface area contributed by atoms with Crippen LogP contribution in [-0.4, -0.2) is 11.4 Å². The first-order chi connectivity index (χ1) is 8.13. The van der Waals surface area contributed by atoms with Gasteiger partial charge in [0.05, 0.1) is 5.56 Å². The van der Waals surface area contributed by atoms with Crippen molar-refractivity contribution in [3.8, 4) is 5.75 Å². The Bertz CT molecular complexity index is 556. The molecule has 0 atom stereocenters. The fourth-order valence-electron chi connectivity index (χ4n) is 2.11. The van der Waals surface area contributed by atoms with E-state index in [4.69, 9.17) is 0 Å². The van der Waals surface area contributed by atoms with Gasteiger partial charge in [-0.15, -0.1) is 0 Å². The summed E-state index contributed by atoms with van der Waals surface area (Å²) in [6.45, 7) is 4.11. The van der Waals surface area contributed by atoms with Crippen LogP contribution in [-0.2, 0) is 6.42 Å². The molecule has 0 saturated heterocycles. The number of fused-ring (bicyclic) bond motifs is 1. The Labute approximate surface area is 101 Å². The smallest absolute Gasteiger partial charge is 0.154 e. The molecule has 0 aliphatic rings. The van der Waals surface area contributed by atoms with Gasteiger partial charge in [-0.25, -0.2) is 0 Å². The maximum absolute atomic E-state index is 11.0. The number of phenolic OH excluding ortho intramolecular Hbond substituents is 1. The molecule has 0 aliphatic heterocycles. The third-order valence-electron chi connectivity index (χ3n) is 2.81. The zero-order valence-electron chi connectivity index (χ0n) is 10.0. The van der Waals surface area contributed by atoms with Crippen LogP contribution in [0.4, 0.5) is 0 Å². The van der Waals surface area contributed by atoms with Crippen molar-refractivity contribution in [1.82, 2.24) is 0 Å². The van der Waals surface area contributed by atoms with Crippen LogP contribution in [0, 0.1) is 5.92 Å². The molecular weight excluding hydrogens is 212 g/mol. The van der Waals surface area contributed by atoms with Crippen LogP contribution in [0.1, 0.15) is 29.8 Å². The molecule has 0 spiro atoms. The van der Waals surface area contributed by atoms with Gasteiger partial charge in [-0.1, -0.05) is 38.1 Å². The first-order valence-electron chi connectivity index (χ1n) is 5.61. The van der Waals surface area contributed by atoms with Crippen molar-refractivity contribution in [2.24, 2.45) is 0 Å². The molecule has 17 heavy (non-hydrogen) atoms. The number of benzene rings is 2. The Morgan fingerprint density at radius 3 is 2.47 bits per heavy atom. The van der Waals surface area contributed by atoms with Crippen molar-refractivity contribution >= 4 is 17.1 Å². The number of aldehydes is 1. The Morgan fingerprint density at radius 2 is 1.88 bits per heavy atom. The topological polar surface area (TPSA) is 37.3 Å². The minimum absolute atomic E-state index is 0.0648. The molecule has 0 amide bonds. The second-order valence-electron chi connectivity index (χ2n) is 4.52. The zero-order valence-corrected chi connectivity index (χ0v) is 10.0. The molecular formula is C15H15O2. The number of hydrogen-bond donors (Lipinski definition) is 1. The highest BCUT2D eigenvalue weighted by Gasteiger charge is 2.11. The molecule has 0 unspecified atom stereocenters. The van der Waals surface area contributed by atoms with Crippen molar-refractivity contribution in [2.45, 2.75) is 20.3 Å². The molecule has 0 aliphatic carbocycles. The normalized spacial score (nSPS) is 11.0. The van der Waals surface area contributed by atoms with E-state index in [0.717, 1.165) is 22.8 Å². The summed E-state index contributed by atoms with van der Waals surface area (Å²) in [5.41, 5.74) is 1.43. The lowest BCUT2D eigenvalue weighted by molar-refractivity contribution is 0.112. The van der Waals surface area contributed by atoms with Crippen LogP contribution in [0.3, 0.4) is 0 Å². The number of phenols is 1. The third kappa shape index (κ3) is 2.16. The lowest BCUT2D eigenvalue weighted by Crippen LogP contribution is -1.96. The predicted octanol–water partition coefficient (Wildman–Crippen LogP) is 3.51. The number of rotatable bonds is 3. The van der Waals surface area contributed by atoms with E-state index >= 15 is 0 Å². The summed E-state index contributed by atoms with van der Waals surface area (Å²) in [7, 11) is 0. The summed E-state index contributed by atoms with van der Waals surface area (Å²) in [5, 5.41) is 11.7. The van der Waals surface area contributed by atoms with Crippen LogP contribution in [0.2, 0.25) is 0 Å². The molecule has 2 heteroatoms. The van der Waals surface area contributed by atoms with Gasteiger partial charge in [0.15, 0.2) is 6.29 Å². The van der Waals surface area contributed by atoms with Crippen molar-refractivity contribution in [2.75, 3.05) is 0 Å². The van der Waals surface area contributed by atoms with E-state index in [-0.39, 0.29) is 5.75 Å². The lowest BCUT2D eigenvalue weighted by atomic mass is 9.94. The van der Waals surface area contributed by atoms with Crippen LogP contribution in [0.5, 0.6) is 5.75 Å². The van der Waals surface area contributed by atoms with Gasteiger partial charge < -0.3 is 5.11 Å². The van der Waals surface area contributed by atoms with E-state index in [1.54, 1.807) is 6.07 Å². The van der Waals surface area contributed by atoms with Gasteiger partial charge in [-0.05, 0) is 34.7 Å². The SMILES string of the molecule is C[C](C)Cc1cc(O)c(C=O)c2ccccc12. The summed E-state index contributed by atoms with van der Waals surface area (Å²) in [6, 6.07) is 9.37. The van der Waals surface area contributed by atoms with Gasteiger partial charge in [0.1, 0.15) is 5.75 Å². The molecule has 2 aromatic carbocycles. The van der Waals surface area contributed by atoms with E-state index in [9.17, 15) is 9.90 Å². The van der Waals surface area contributed by atoms with Crippen molar-refractivity contribution in [3.05, 3.63) is 47.4 Å². The molecule has 2 nitrogen and oxygen atoms in total. The quantitative estimate of drug-likeness (QED) is 0.815. The van der Waals surface area contributed by atoms with Gasteiger partial charge in [-0.3, -0.25) is 4.79 Å². The molecule has 1 N–H and O–H groups in total. The highest BCUT2D eigenvalue weighted by molar-refractivity contribution is 6.02. The van der Waals surface area contributed by atoms with E-state index in [1.807, 2.05) is 24.3 Å². The largest absolute Gasteiger partial charge is 0.507 e. The lowest BCUT2D eigenvalue weighted by Gasteiger charge is -2.11. The Kier molecular flexibility index (Phi) is 3.14. The van der Waals surface area contributed by atoms with Crippen molar-refractivity contribution in [3.63, 3.8) is 0 Å². The van der Waals surface area contributed by atoms with Gasteiger partial charge in [0.25, 0.3) is 0 Å². The molecule has 0 bridgehead atoms. The number of hydrogen-bond acceptors (Lipinski definition) is 2. The molecule has 2 aromatic rings. The molecule has 0 heterocycles. The first kappa shape index (κ1) is 11.6. The van der Waals surface area contributed by atoms with Gasteiger partial charge in [0.2, 0.25) is 0 Å². The number of aromatic hydroxyl groups is 1. The average molecular weight is 227 g/mol. The molecule has 0 aromatic heterocycles. The summed E-state index contributed by atoms with van der Waals surface area (Å²) in [4.78, 5) is 11.0. The molecule has 2 rings (SSSR count). The number of carbonyl (C=O) groups excluding carboxylic acids is 1. The maximum atomic E-state index is 11.0. The van der Waals surface area contributed by atoms with Crippen LogP contribution in [0.15, 0.2) is 30.3 Å². The first-order valence-corrected chi connectivity index (χ1v) is 5.61. The summed E-state index contributed by atoms with van der Waals surface area (Å²) >= 11 is 0. The fourth-order valence-corrected chi connectivity index (χ4v) is 2.11. The number of carbonyl (C=O) groups is 1. The Morgan fingerprint density at radius 1 is 1.24 bits per heavy atom. The highest BCUT2D eigenvalue weighted by Crippen LogP contribution is 2.30. The van der Waals surface area contributed by atoms with E-state index in [1.165, 1.54) is 5.92 Å².